The van der Waals surface area contributed by atoms with Crippen LogP contribution in [0.4, 0.5) is 0 Å². The fourth-order valence-electron chi connectivity index (χ4n) is 1.69. The van der Waals surface area contributed by atoms with Gasteiger partial charge in [-0.3, -0.25) is 5.32 Å². The highest BCUT2D eigenvalue weighted by Gasteiger charge is 2.27. The van der Waals surface area contributed by atoms with Crippen LogP contribution in [0.25, 0.3) is 0 Å². The van der Waals surface area contributed by atoms with Crippen molar-refractivity contribution in [3.8, 4) is 6.07 Å². The van der Waals surface area contributed by atoms with Gasteiger partial charge in [0.2, 0.25) is 0 Å². The molecule has 0 spiro atoms. The molecule has 13 heavy (non-hydrogen) atoms. The summed E-state index contributed by atoms with van der Waals surface area (Å²) in [6.07, 6.45) is 2.53. The third-order valence-electron chi connectivity index (χ3n) is 2.39. The fraction of sp³-hybridized carbons (Fsp3) is 0.900. The van der Waals surface area contributed by atoms with Crippen molar-refractivity contribution >= 4 is 0 Å². The molecule has 74 valence electrons. The Labute approximate surface area is 80.1 Å². The highest BCUT2D eigenvalue weighted by molar-refractivity contribution is 5.02. The van der Waals surface area contributed by atoms with E-state index < -0.39 is 5.54 Å². The normalized spacial score (nSPS) is 25.5. The topological polar surface area (TPSA) is 45.0 Å². The largest absolute Gasteiger partial charge is 0.377 e. The van der Waals surface area contributed by atoms with Crippen LogP contribution in [0.2, 0.25) is 0 Å². The first-order chi connectivity index (χ1) is 6.05. The zero-order valence-electron chi connectivity index (χ0n) is 8.63. The molecule has 0 aromatic heterocycles. The second-order valence-electron chi connectivity index (χ2n) is 4.22. The maximum atomic E-state index is 8.83. The van der Waals surface area contributed by atoms with Gasteiger partial charge in [0.1, 0.15) is 5.54 Å². The highest BCUT2D eigenvalue weighted by atomic mass is 16.5. The van der Waals surface area contributed by atoms with Crippen LogP contribution in [0.5, 0.6) is 0 Å². The average Bonchev–Trinajstić information content (AvgIpc) is 2.55. The fourth-order valence-corrected chi connectivity index (χ4v) is 1.69. The monoisotopic (exact) mass is 182 g/mol. The van der Waals surface area contributed by atoms with Gasteiger partial charge in [0, 0.05) is 12.6 Å². The molecule has 1 aliphatic heterocycles. The molecule has 1 saturated heterocycles. The van der Waals surface area contributed by atoms with Crippen LogP contribution < -0.4 is 5.32 Å². The summed E-state index contributed by atoms with van der Waals surface area (Å²) in [6.45, 7) is 6.72. The van der Waals surface area contributed by atoms with E-state index in [1.807, 2.05) is 13.8 Å². The Morgan fingerprint density at radius 1 is 1.62 bits per heavy atom. The molecule has 0 aromatic rings. The molecule has 3 nitrogen and oxygen atoms in total. The second-order valence-corrected chi connectivity index (χ2v) is 4.22. The molecule has 0 amide bonds. The third-order valence-corrected chi connectivity index (χ3v) is 2.39. The first-order valence-corrected chi connectivity index (χ1v) is 4.86. The van der Waals surface area contributed by atoms with Gasteiger partial charge in [-0.15, -0.1) is 0 Å². The quantitative estimate of drug-likeness (QED) is 0.718. The van der Waals surface area contributed by atoms with E-state index in [4.69, 9.17) is 10.00 Å². The molecule has 3 heteroatoms. The first-order valence-electron chi connectivity index (χ1n) is 4.86. The minimum absolute atomic E-state index is 0.261. The summed E-state index contributed by atoms with van der Waals surface area (Å²) in [5.41, 5.74) is -0.453. The zero-order chi connectivity index (χ0) is 9.90. The Hall–Kier alpha value is -0.590. The molecule has 0 radical (unpaired) electrons. The lowest BCUT2D eigenvalue weighted by molar-refractivity contribution is 0.0776. The summed E-state index contributed by atoms with van der Waals surface area (Å²) in [5.74, 6) is 0. The summed E-state index contributed by atoms with van der Waals surface area (Å²) < 4.78 is 5.53. The van der Waals surface area contributed by atoms with Crippen LogP contribution in [0, 0.1) is 11.3 Å². The van der Waals surface area contributed by atoms with E-state index in [-0.39, 0.29) is 12.1 Å². The van der Waals surface area contributed by atoms with Gasteiger partial charge >= 0.3 is 0 Å². The van der Waals surface area contributed by atoms with E-state index in [2.05, 4.69) is 18.3 Å². The molecule has 2 atom stereocenters. The lowest BCUT2D eigenvalue weighted by Gasteiger charge is -2.27. The molecule has 0 saturated carbocycles. The third kappa shape index (κ3) is 2.98. The van der Waals surface area contributed by atoms with E-state index in [1.165, 1.54) is 0 Å². The van der Waals surface area contributed by atoms with Crippen molar-refractivity contribution in [2.45, 2.75) is 51.3 Å². The van der Waals surface area contributed by atoms with Crippen LogP contribution in [0.3, 0.4) is 0 Å². The smallest absolute Gasteiger partial charge is 0.101 e. The molecular formula is C10H18N2O. The van der Waals surface area contributed by atoms with Gasteiger partial charge in [-0.2, -0.15) is 5.26 Å². The number of ether oxygens (including phenoxy) is 1. The summed E-state index contributed by atoms with van der Waals surface area (Å²) >= 11 is 0. The van der Waals surface area contributed by atoms with Crippen LogP contribution in [-0.2, 0) is 4.74 Å². The van der Waals surface area contributed by atoms with E-state index in [0.717, 1.165) is 19.4 Å². The van der Waals surface area contributed by atoms with Gasteiger partial charge in [-0.25, -0.2) is 0 Å². The SMILES string of the molecule is CC(NC(C)(C)C#N)C1CCCO1. The Bertz CT molecular complexity index is 201. The van der Waals surface area contributed by atoms with Gasteiger partial charge < -0.3 is 4.74 Å². The predicted molar refractivity (Wildman–Crippen MR) is 51.3 cm³/mol. The molecule has 1 N–H and O–H groups in total. The van der Waals surface area contributed by atoms with Crippen molar-refractivity contribution in [1.29, 1.82) is 5.26 Å². The van der Waals surface area contributed by atoms with Gasteiger partial charge in [0.15, 0.2) is 0 Å². The van der Waals surface area contributed by atoms with Crippen molar-refractivity contribution in [2.24, 2.45) is 0 Å². The minimum Gasteiger partial charge on any atom is -0.377 e. The minimum atomic E-state index is -0.453. The standard InChI is InChI=1S/C10H18N2O/c1-8(9-5-4-6-13-9)12-10(2,3)7-11/h8-9,12H,4-6H2,1-3H3. The van der Waals surface area contributed by atoms with Crippen LogP contribution in [0.15, 0.2) is 0 Å². The number of hydrogen-bond acceptors (Lipinski definition) is 3. The molecular weight excluding hydrogens is 164 g/mol. The average molecular weight is 182 g/mol. The van der Waals surface area contributed by atoms with E-state index in [9.17, 15) is 0 Å². The van der Waals surface area contributed by atoms with Crippen molar-refractivity contribution in [1.82, 2.24) is 5.32 Å². The van der Waals surface area contributed by atoms with E-state index in [1.54, 1.807) is 0 Å². The Morgan fingerprint density at radius 3 is 2.77 bits per heavy atom. The van der Waals surface area contributed by atoms with Gasteiger partial charge in [0.25, 0.3) is 0 Å². The van der Waals surface area contributed by atoms with E-state index in [0.29, 0.717) is 0 Å². The highest BCUT2D eigenvalue weighted by Crippen LogP contribution is 2.17. The van der Waals surface area contributed by atoms with Crippen molar-refractivity contribution in [3.05, 3.63) is 0 Å². The lowest BCUT2D eigenvalue weighted by atomic mass is 10.0. The summed E-state index contributed by atoms with van der Waals surface area (Å²) in [5, 5.41) is 12.1. The number of nitrogens with one attached hydrogen (secondary N) is 1. The summed E-state index contributed by atoms with van der Waals surface area (Å²) in [6, 6.07) is 2.49. The van der Waals surface area contributed by atoms with Crippen LogP contribution in [0.1, 0.15) is 33.6 Å². The molecule has 1 fully saturated rings. The van der Waals surface area contributed by atoms with E-state index >= 15 is 0 Å². The zero-order valence-corrected chi connectivity index (χ0v) is 8.63. The molecule has 2 unspecified atom stereocenters. The Balaban J connectivity index is 2.40. The maximum Gasteiger partial charge on any atom is 0.101 e. The lowest BCUT2D eigenvalue weighted by Crippen LogP contribution is -2.48. The summed E-state index contributed by atoms with van der Waals surface area (Å²) in [4.78, 5) is 0. The molecule has 1 heterocycles. The molecule has 0 aromatic carbocycles. The summed E-state index contributed by atoms with van der Waals surface area (Å²) in [7, 11) is 0. The van der Waals surface area contributed by atoms with Gasteiger partial charge in [-0.05, 0) is 33.6 Å². The predicted octanol–water partition coefficient (Wildman–Crippen LogP) is 1.45. The number of nitrogens with zero attached hydrogens (tertiary/aromatic N) is 1. The number of nitriles is 1. The Kier molecular flexibility index (Phi) is 3.29. The molecule has 1 rings (SSSR count). The van der Waals surface area contributed by atoms with Crippen molar-refractivity contribution in [3.63, 3.8) is 0 Å². The maximum absolute atomic E-state index is 8.83. The van der Waals surface area contributed by atoms with Crippen LogP contribution in [-0.4, -0.2) is 24.3 Å². The molecule has 0 bridgehead atoms. The van der Waals surface area contributed by atoms with Crippen LogP contribution >= 0.6 is 0 Å². The second kappa shape index (κ2) is 4.08. The molecule has 0 aliphatic carbocycles. The number of rotatable bonds is 3. The van der Waals surface area contributed by atoms with Gasteiger partial charge in [-0.1, -0.05) is 0 Å². The van der Waals surface area contributed by atoms with Gasteiger partial charge in [0.05, 0.1) is 12.2 Å². The van der Waals surface area contributed by atoms with Crippen molar-refractivity contribution < 1.29 is 4.74 Å². The Morgan fingerprint density at radius 2 is 2.31 bits per heavy atom. The molecule has 1 aliphatic rings. The van der Waals surface area contributed by atoms with Crippen molar-refractivity contribution in [2.75, 3.05) is 6.61 Å². The number of hydrogen-bond donors (Lipinski definition) is 1. The first kappa shape index (κ1) is 10.5.